The summed E-state index contributed by atoms with van der Waals surface area (Å²) in [4.78, 5) is 25.2. The maximum Gasteiger partial charge on any atom is 0.255 e. The number of hydrogen-bond acceptors (Lipinski definition) is 4. The number of anilines is 1. The number of likely N-dealkylation sites (tertiary alicyclic amines) is 1. The monoisotopic (exact) mass is 291 g/mol. The highest BCUT2D eigenvalue weighted by molar-refractivity contribution is 5.99. The standard InChI is InChI=1S/C15H21N3O3/c1-21-11-2-3-12(13(16)9-11)15(20)18-6-4-10(5-7-18)8-14(17)19/h2-3,9-10H,4-8,16H2,1H3,(H2,17,19). The van der Waals surface area contributed by atoms with E-state index in [-0.39, 0.29) is 17.7 Å². The first-order valence-electron chi connectivity index (χ1n) is 7.02. The molecule has 0 unspecified atom stereocenters. The molecule has 2 rings (SSSR count). The summed E-state index contributed by atoms with van der Waals surface area (Å²) < 4.78 is 5.08. The lowest BCUT2D eigenvalue weighted by Gasteiger charge is -2.31. The minimum absolute atomic E-state index is 0.0762. The lowest BCUT2D eigenvalue weighted by molar-refractivity contribution is -0.119. The van der Waals surface area contributed by atoms with Gasteiger partial charge in [0.05, 0.1) is 12.7 Å². The zero-order valence-corrected chi connectivity index (χ0v) is 12.2. The molecule has 1 fully saturated rings. The van der Waals surface area contributed by atoms with E-state index in [1.807, 2.05) is 0 Å². The summed E-state index contributed by atoms with van der Waals surface area (Å²) in [6.07, 6.45) is 1.99. The van der Waals surface area contributed by atoms with Gasteiger partial charge in [-0.3, -0.25) is 9.59 Å². The molecule has 0 saturated carbocycles. The minimum Gasteiger partial charge on any atom is -0.497 e. The molecule has 1 aromatic rings. The number of ether oxygens (including phenoxy) is 1. The van der Waals surface area contributed by atoms with Crippen LogP contribution in [0.15, 0.2) is 18.2 Å². The van der Waals surface area contributed by atoms with Crippen molar-refractivity contribution in [1.82, 2.24) is 4.90 Å². The molecule has 0 aromatic heterocycles. The highest BCUT2D eigenvalue weighted by atomic mass is 16.5. The molecule has 1 saturated heterocycles. The highest BCUT2D eigenvalue weighted by Gasteiger charge is 2.25. The number of primary amides is 1. The Bertz CT molecular complexity index is 537. The summed E-state index contributed by atoms with van der Waals surface area (Å²) in [5, 5.41) is 0. The van der Waals surface area contributed by atoms with Crippen LogP contribution < -0.4 is 16.2 Å². The van der Waals surface area contributed by atoms with Gasteiger partial charge in [-0.1, -0.05) is 0 Å². The number of methoxy groups -OCH3 is 1. The van der Waals surface area contributed by atoms with E-state index in [9.17, 15) is 9.59 Å². The number of piperidine rings is 1. The molecule has 2 amide bonds. The molecule has 1 aromatic carbocycles. The van der Waals surface area contributed by atoms with Gasteiger partial charge in [-0.15, -0.1) is 0 Å². The van der Waals surface area contributed by atoms with Crippen LogP contribution in [0.4, 0.5) is 5.69 Å². The molecule has 1 aliphatic heterocycles. The first-order chi connectivity index (χ1) is 10.0. The topological polar surface area (TPSA) is 98.6 Å². The van der Waals surface area contributed by atoms with Gasteiger partial charge in [-0.05, 0) is 30.9 Å². The first kappa shape index (κ1) is 15.2. The molecule has 1 heterocycles. The molecule has 0 aliphatic carbocycles. The number of rotatable bonds is 4. The molecule has 6 nitrogen and oxygen atoms in total. The van der Waals surface area contributed by atoms with Crippen molar-refractivity contribution >= 4 is 17.5 Å². The van der Waals surface area contributed by atoms with Crippen molar-refractivity contribution in [3.8, 4) is 5.75 Å². The smallest absolute Gasteiger partial charge is 0.255 e. The van der Waals surface area contributed by atoms with Gasteiger partial charge in [0.1, 0.15) is 5.75 Å². The van der Waals surface area contributed by atoms with Crippen LogP contribution in [0, 0.1) is 5.92 Å². The molecular weight excluding hydrogens is 270 g/mol. The van der Waals surface area contributed by atoms with Gasteiger partial charge in [-0.25, -0.2) is 0 Å². The predicted octanol–water partition coefficient (Wildman–Crippen LogP) is 1.00. The zero-order valence-electron chi connectivity index (χ0n) is 12.2. The molecule has 0 atom stereocenters. The van der Waals surface area contributed by atoms with Gasteiger partial charge in [0.15, 0.2) is 0 Å². The molecule has 114 valence electrons. The fourth-order valence-electron chi connectivity index (χ4n) is 2.66. The third-order valence-corrected chi connectivity index (χ3v) is 3.88. The van der Waals surface area contributed by atoms with Crippen molar-refractivity contribution in [3.05, 3.63) is 23.8 Å². The van der Waals surface area contributed by atoms with Gasteiger partial charge >= 0.3 is 0 Å². The molecule has 1 aliphatic rings. The second kappa shape index (κ2) is 6.47. The molecule has 0 bridgehead atoms. The third-order valence-electron chi connectivity index (χ3n) is 3.88. The number of nitrogen functional groups attached to an aromatic ring is 1. The summed E-state index contributed by atoms with van der Waals surface area (Å²) in [5.74, 6) is 0.552. The fourth-order valence-corrected chi connectivity index (χ4v) is 2.66. The number of amides is 2. The molecule has 0 spiro atoms. The number of hydrogen-bond donors (Lipinski definition) is 2. The van der Waals surface area contributed by atoms with Crippen molar-refractivity contribution < 1.29 is 14.3 Å². The maximum absolute atomic E-state index is 12.5. The minimum atomic E-state index is -0.279. The SMILES string of the molecule is COc1ccc(C(=O)N2CCC(CC(N)=O)CC2)c(N)c1. The van der Waals surface area contributed by atoms with Crippen LogP contribution in [-0.4, -0.2) is 36.9 Å². The average molecular weight is 291 g/mol. The van der Waals surface area contributed by atoms with E-state index in [2.05, 4.69) is 0 Å². The number of benzene rings is 1. The summed E-state index contributed by atoms with van der Waals surface area (Å²) in [7, 11) is 1.56. The molecular formula is C15H21N3O3. The largest absolute Gasteiger partial charge is 0.497 e. The Morgan fingerprint density at radius 2 is 2.00 bits per heavy atom. The van der Waals surface area contributed by atoms with Gasteiger partial charge in [0, 0.05) is 31.3 Å². The van der Waals surface area contributed by atoms with Crippen molar-refractivity contribution in [3.63, 3.8) is 0 Å². The maximum atomic E-state index is 12.5. The van der Waals surface area contributed by atoms with Gasteiger partial charge in [-0.2, -0.15) is 0 Å². The summed E-state index contributed by atoms with van der Waals surface area (Å²) in [6, 6.07) is 5.06. The van der Waals surface area contributed by atoms with Gasteiger partial charge < -0.3 is 21.1 Å². The second-order valence-electron chi connectivity index (χ2n) is 5.36. The van der Waals surface area contributed by atoms with E-state index in [1.54, 1.807) is 30.2 Å². The Hall–Kier alpha value is -2.24. The normalized spacial score (nSPS) is 15.8. The average Bonchev–Trinajstić information content (AvgIpc) is 2.46. The highest BCUT2D eigenvalue weighted by Crippen LogP contribution is 2.25. The van der Waals surface area contributed by atoms with Crippen LogP contribution in [0.5, 0.6) is 5.75 Å². The van der Waals surface area contributed by atoms with Crippen molar-refractivity contribution in [2.24, 2.45) is 11.7 Å². The molecule has 0 radical (unpaired) electrons. The number of nitrogens with two attached hydrogens (primary N) is 2. The summed E-state index contributed by atoms with van der Waals surface area (Å²) in [6.45, 7) is 1.25. The van der Waals surface area contributed by atoms with E-state index < -0.39 is 0 Å². The number of nitrogens with zero attached hydrogens (tertiary/aromatic N) is 1. The van der Waals surface area contributed by atoms with E-state index in [4.69, 9.17) is 16.2 Å². The van der Waals surface area contributed by atoms with E-state index in [1.165, 1.54) is 0 Å². The Morgan fingerprint density at radius 3 is 2.52 bits per heavy atom. The molecule has 6 heteroatoms. The van der Waals surface area contributed by atoms with Crippen LogP contribution in [0.25, 0.3) is 0 Å². The van der Waals surface area contributed by atoms with E-state index in [0.717, 1.165) is 12.8 Å². The van der Waals surface area contributed by atoms with Gasteiger partial charge in [0.25, 0.3) is 5.91 Å². The zero-order chi connectivity index (χ0) is 15.4. The first-order valence-corrected chi connectivity index (χ1v) is 7.02. The van der Waals surface area contributed by atoms with E-state index >= 15 is 0 Å². The van der Waals surface area contributed by atoms with Crippen LogP contribution in [0.3, 0.4) is 0 Å². The lowest BCUT2D eigenvalue weighted by atomic mass is 9.93. The summed E-state index contributed by atoms with van der Waals surface area (Å²) in [5.41, 5.74) is 12.0. The van der Waals surface area contributed by atoms with Crippen LogP contribution >= 0.6 is 0 Å². The summed E-state index contributed by atoms with van der Waals surface area (Å²) >= 11 is 0. The Labute approximate surface area is 124 Å². The van der Waals surface area contributed by atoms with Crippen LogP contribution in [0.2, 0.25) is 0 Å². The molecule has 4 N–H and O–H groups in total. The Morgan fingerprint density at radius 1 is 1.33 bits per heavy atom. The van der Waals surface area contributed by atoms with Crippen LogP contribution in [-0.2, 0) is 4.79 Å². The Kier molecular flexibility index (Phi) is 4.67. The van der Waals surface area contributed by atoms with E-state index in [0.29, 0.717) is 36.5 Å². The van der Waals surface area contributed by atoms with Crippen molar-refractivity contribution in [2.75, 3.05) is 25.9 Å². The number of carbonyl (C=O) groups excluding carboxylic acids is 2. The molecule has 21 heavy (non-hydrogen) atoms. The second-order valence-corrected chi connectivity index (χ2v) is 5.36. The third kappa shape index (κ3) is 3.65. The predicted molar refractivity (Wildman–Crippen MR) is 79.8 cm³/mol. The van der Waals surface area contributed by atoms with Gasteiger partial charge in [0.2, 0.25) is 5.91 Å². The number of carbonyl (C=O) groups is 2. The quantitative estimate of drug-likeness (QED) is 0.809. The van der Waals surface area contributed by atoms with Crippen LogP contribution in [0.1, 0.15) is 29.6 Å². The lowest BCUT2D eigenvalue weighted by Crippen LogP contribution is -2.39. The Balaban J connectivity index is 2.00. The van der Waals surface area contributed by atoms with Crippen molar-refractivity contribution in [2.45, 2.75) is 19.3 Å². The fraction of sp³-hybridized carbons (Fsp3) is 0.467. The van der Waals surface area contributed by atoms with Crippen molar-refractivity contribution in [1.29, 1.82) is 0 Å².